The molecular formula is C13H17BrN2O3. The number of hydrogen-bond acceptors (Lipinski definition) is 2. The van der Waals surface area contributed by atoms with Crippen molar-refractivity contribution in [3.8, 4) is 0 Å². The van der Waals surface area contributed by atoms with Crippen LogP contribution in [0.2, 0.25) is 0 Å². The van der Waals surface area contributed by atoms with Crippen molar-refractivity contribution >= 4 is 33.6 Å². The molecule has 0 saturated carbocycles. The Morgan fingerprint density at radius 3 is 2.42 bits per heavy atom. The van der Waals surface area contributed by atoms with Gasteiger partial charge in [0.1, 0.15) is 6.04 Å². The number of benzene rings is 1. The average Bonchev–Trinajstić information content (AvgIpc) is 2.29. The van der Waals surface area contributed by atoms with Crippen LogP contribution in [-0.4, -0.2) is 23.1 Å². The summed E-state index contributed by atoms with van der Waals surface area (Å²) in [6.45, 7) is 5.41. The number of nitrogens with one attached hydrogen (secondary N) is 2. The third kappa shape index (κ3) is 4.55. The monoisotopic (exact) mass is 328 g/mol. The highest BCUT2D eigenvalue weighted by molar-refractivity contribution is 9.10. The molecule has 0 aliphatic carbocycles. The van der Waals surface area contributed by atoms with Crippen LogP contribution in [0.3, 0.4) is 0 Å². The van der Waals surface area contributed by atoms with E-state index in [0.29, 0.717) is 5.69 Å². The quantitative estimate of drug-likeness (QED) is 0.795. The molecule has 0 saturated heterocycles. The third-order valence-electron chi connectivity index (χ3n) is 2.59. The van der Waals surface area contributed by atoms with Gasteiger partial charge in [-0.15, -0.1) is 0 Å². The minimum absolute atomic E-state index is 0.190. The first kappa shape index (κ1) is 15.5. The molecule has 1 aromatic carbocycles. The van der Waals surface area contributed by atoms with Crippen LogP contribution in [0.25, 0.3) is 0 Å². The van der Waals surface area contributed by atoms with Gasteiger partial charge in [-0.1, -0.05) is 19.9 Å². The van der Waals surface area contributed by atoms with Crippen LogP contribution in [0, 0.1) is 12.8 Å². The number of carbonyl (C=O) groups excluding carboxylic acids is 1. The third-order valence-corrected chi connectivity index (χ3v) is 3.25. The Hall–Kier alpha value is -1.56. The van der Waals surface area contributed by atoms with Gasteiger partial charge >= 0.3 is 12.0 Å². The number of amides is 2. The van der Waals surface area contributed by atoms with Gasteiger partial charge < -0.3 is 15.7 Å². The van der Waals surface area contributed by atoms with Crippen molar-refractivity contribution in [2.75, 3.05) is 5.32 Å². The molecule has 1 aromatic rings. The van der Waals surface area contributed by atoms with Gasteiger partial charge in [-0.2, -0.15) is 0 Å². The van der Waals surface area contributed by atoms with Gasteiger partial charge in [-0.05, 0) is 46.5 Å². The lowest BCUT2D eigenvalue weighted by Crippen LogP contribution is -2.46. The first-order chi connectivity index (χ1) is 8.81. The van der Waals surface area contributed by atoms with Crippen LogP contribution < -0.4 is 10.6 Å². The molecule has 0 bridgehead atoms. The van der Waals surface area contributed by atoms with Gasteiger partial charge in [0.05, 0.1) is 5.69 Å². The summed E-state index contributed by atoms with van der Waals surface area (Å²) in [5.74, 6) is -1.24. The summed E-state index contributed by atoms with van der Waals surface area (Å²) in [5.41, 5.74) is 1.65. The van der Waals surface area contributed by atoms with E-state index in [1.165, 1.54) is 0 Å². The summed E-state index contributed by atoms with van der Waals surface area (Å²) in [7, 11) is 0. The topological polar surface area (TPSA) is 78.4 Å². The molecule has 0 aromatic heterocycles. The van der Waals surface area contributed by atoms with Crippen molar-refractivity contribution in [1.82, 2.24) is 5.32 Å². The maximum absolute atomic E-state index is 11.8. The first-order valence-electron chi connectivity index (χ1n) is 5.87. The maximum Gasteiger partial charge on any atom is 0.326 e. The summed E-state index contributed by atoms with van der Waals surface area (Å²) < 4.78 is 0.749. The number of aryl methyl sites for hydroxylation is 1. The highest BCUT2D eigenvalue weighted by Crippen LogP contribution is 2.23. The number of hydrogen-bond donors (Lipinski definition) is 3. The molecule has 104 valence electrons. The molecule has 3 N–H and O–H groups in total. The van der Waals surface area contributed by atoms with E-state index >= 15 is 0 Å². The van der Waals surface area contributed by atoms with E-state index in [1.54, 1.807) is 19.9 Å². The molecule has 5 nitrogen and oxygen atoms in total. The molecule has 0 aliphatic heterocycles. The minimum Gasteiger partial charge on any atom is -0.480 e. The zero-order valence-corrected chi connectivity index (χ0v) is 12.6. The second-order valence-electron chi connectivity index (χ2n) is 4.64. The van der Waals surface area contributed by atoms with Crippen molar-refractivity contribution in [2.45, 2.75) is 26.8 Å². The number of carboxylic acid groups (broad SMARTS) is 1. The van der Waals surface area contributed by atoms with Gasteiger partial charge in [-0.3, -0.25) is 0 Å². The van der Waals surface area contributed by atoms with Crippen LogP contribution in [0.4, 0.5) is 10.5 Å². The van der Waals surface area contributed by atoms with Gasteiger partial charge in [0, 0.05) is 4.47 Å². The van der Waals surface area contributed by atoms with Crippen LogP contribution in [0.15, 0.2) is 22.7 Å². The number of urea groups is 1. The van der Waals surface area contributed by atoms with Crippen molar-refractivity contribution in [3.05, 3.63) is 28.2 Å². The molecule has 0 spiro atoms. The maximum atomic E-state index is 11.8. The molecule has 1 unspecified atom stereocenters. The van der Waals surface area contributed by atoms with E-state index in [0.717, 1.165) is 10.0 Å². The Balaban J connectivity index is 2.72. The van der Waals surface area contributed by atoms with E-state index < -0.39 is 18.0 Å². The molecule has 0 heterocycles. The first-order valence-corrected chi connectivity index (χ1v) is 6.67. The van der Waals surface area contributed by atoms with Crippen molar-refractivity contribution < 1.29 is 14.7 Å². The largest absolute Gasteiger partial charge is 0.480 e. The van der Waals surface area contributed by atoms with Crippen LogP contribution in [0.1, 0.15) is 19.4 Å². The number of carbonyl (C=O) groups is 2. The number of aliphatic carboxylic acids is 1. The Labute approximate surface area is 120 Å². The summed E-state index contributed by atoms with van der Waals surface area (Å²) in [6, 6.07) is 4.03. The van der Waals surface area contributed by atoms with Crippen LogP contribution >= 0.6 is 15.9 Å². The van der Waals surface area contributed by atoms with Crippen molar-refractivity contribution in [1.29, 1.82) is 0 Å². The molecule has 6 heteroatoms. The standard InChI is InChI=1S/C13H17BrN2O3/c1-7(2)11(12(17)18)16-13(19)15-10-5-4-8(3)6-9(10)14/h4-7,11H,1-3H3,(H,17,18)(H2,15,16,19). The van der Waals surface area contributed by atoms with Gasteiger partial charge in [0.15, 0.2) is 0 Å². The fourth-order valence-electron chi connectivity index (χ4n) is 1.53. The minimum atomic E-state index is -1.05. The summed E-state index contributed by atoms with van der Waals surface area (Å²) in [5, 5.41) is 14.1. The predicted octanol–water partition coefficient (Wildman–Crippen LogP) is 2.99. The highest BCUT2D eigenvalue weighted by atomic mass is 79.9. The summed E-state index contributed by atoms with van der Waals surface area (Å²) in [4.78, 5) is 22.8. The van der Waals surface area contributed by atoms with Crippen LogP contribution in [-0.2, 0) is 4.79 Å². The average molecular weight is 329 g/mol. The Morgan fingerprint density at radius 2 is 1.95 bits per heavy atom. The summed E-state index contributed by atoms with van der Waals surface area (Å²) in [6.07, 6.45) is 0. The fraction of sp³-hybridized carbons (Fsp3) is 0.385. The lowest BCUT2D eigenvalue weighted by molar-refractivity contribution is -0.140. The smallest absolute Gasteiger partial charge is 0.326 e. The normalized spacial score (nSPS) is 12.1. The van der Waals surface area contributed by atoms with E-state index in [-0.39, 0.29) is 5.92 Å². The molecule has 0 radical (unpaired) electrons. The lowest BCUT2D eigenvalue weighted by Gasteiger charge is -2.18. The number of rotatable bonds is 4. The van der Waals surface area contributed by atoms with E-state index in [9.17, 15) is 9.59 Å². The molecule has 1 atom stereocenters. The van der Waals surface area contributed by atoms with E-state index in [4.69, 9.17) is 5.11 Å². The van der Waals surface area contributed by atoms with E-state index in [1.807, 2.05) is 19.1 Å². The summed E-state index contributed by atoms with van der Waals surface area (Å²) >= 11 is 3.34. The van der Waals surface area contributed by atoms with E-state index in [2.05, 4.69) is 26.6 Å². The Morgan fingerprint density at radius 1 is 1.32 bits per heavy atom. The number of carboxylic acids is 1. The zero-order valence-electron chi connectivity index (χ0n) is 11.0. The Kier molecular flexibility index (Phi) is 5.35. The van der Waals surface area contributed by atoms with Crippen LogP contribution in [0.5, 0.6) is 0 Å². The van der Waals surface area contributed by atoms with Crippen molar-refractivity contribution in [2.24, 2.45) is 5.92 Å². The zero-order chi connectivity index (χ0) is 14.6. The molecule has 0 fully saturated rings. The number of halogens is 1. The highest BCUT2D eigenvalue weighted by Gasteiger charge is 2.23. The SMILES string of the molecule is Cc1ccc(NC(=O)NC(C(=O)O)C(C)C)c(Br)c1. The van der Waals surface area contributed by atoms with Gasteiger partial charge in [0.25, 0.3) is 0 Å². The molecule has 19 heavy (non-hydrogen) atoms. The van der Waals surface area contributed by atoms with Gasteiger partial charge in [-0.25, -0.2) is 9.59 Å². The predicted molar refractivity (Wildman–Crippen MR) is 77.3 cm³/mol. The molecule has 2 amide bonds. The van der Waals surface area contributed by atoms with Gasteiger partial charge in [0.2, 0.25) is 0 Å². The lowest BCUT2D eigenvalue weighted by atomic mass is 10.1. The molecule has 1 rings (SSSR count). The fourth-order valence-corrected chi connectivity index (χ4v) is 2.13. The number of anilines is 1. The molecular weight excluding hydrogens is 312 g/mol. The Bertz CT molecular complexity index is 489. The second-order valence-corrected chi connectivity index (χ2v) is 5.50. The van der Waals surface area contributed by atoms with Crippen molar-refractivity contribution in [3.63, 3.8) is 0 Å². The molecule has 0 aliphatic rings. The second kappa shape index (κ2) is 6.56.